The van der Waals surface area contributed by atoms with Crippen molar-refractivity contribution in [3.63, 3.8) is 0 Å². The zero-order chi connectivity index (χ0) is 11.5. The van der Waals surface area contributed by atoms with Crippen molar-refractivity contribution in [2.75, 3.05) is 0 Å². The third kappa shape index (κ3) is 3.19. The first-order valence-corrected chi connectivity index (χ1v) is 4.32. The first-order chi connectivity index (χ1) is 6.93. The average molecular weight is 215 g/mol. The predicted molar refractivity (Wildman–Crippen MR) is 50.6 cm³/mol. The number of aromatic hydroxyl groups is 1. The van der Waals surface area contributed by atoms with Gasteiger partial charge in [-0.2, -0.15) is 0 Å². The van der Waals surface area contributed by atoms with Crippen molar-refractivity contribution in [1.29, 1.82) is 0 Å². The normalized spacial score (nSPS) is 11.1. The van der Waals surface area contributed by atoms with Crippen molar-refractivity contribution in [3.05, 3.63) is 29.3 Å². The van der Waals surface area contributed by atoms with Crippen LogP contribution in [-0.2, 0) is 17.3 Å². The van der Waals surface area contributed by atoms with E-state index in [1.54, 1.807) is 0 Å². The zero-order valence-electron chi connectivity index (χ0n) is 8.13. The van der Waals surface area contributed by atoms with Crippen molar-refractivity contribution in [3.8, 4) is 5.75 Å². The lowest BCUT2D eigenvalue weighted by molar-refractivity contribution is -0.109. The second-order valence-corrected chi connectivity index (χ2v) is 3.28. The fraction of sp³-hybridized carbons (Fsp3) is 0.300. The van der Waals surface area contributed by atoms with Gasteiger partial charge in [-0.15, -0.1) is 0 Å². The summed E-state index contributed by atoms with van der Waals surface area (Å²) >= 11 is 0. The topological polar surface area (TPSA) is 49.3 Å². The minimum Gasteiger partial charge on any atom is -0.508 e. The van der Waals surface area contributed by atoms with E-state index in [0.717, 1.165) is 13.0 Å². The molecule has 2 N–H and O–H groups in total. The van der Waals surface area contributed by atoms with Gasteiger partial charge in [-0.25, -0.2) is 8.78 Å². The Balaban J connectivity index is 3.00. The molecule has 0 saturated carbocycles. The molecule has 0 aliphatic carbocycles. The fourth-order valence-electron chi connectivity index (χ4n) is 1.19. The quantitative estimate of drug-likeness (QED) is 0.752. The molecule has 0 saturated heterocycles. The first kappa shape index (κ1) is 11.4. The van der Waals surface area contributed by atoms with E-state index in [1.165, 1.54) is 12.1 Å². The number of carbonyl (C=O) groups excluding carboxylic acids is 1. The van der Waals surface area contributed by atoms with E-state index in [9.17, 15) is 18.7 Å². The molecule has 0 atom stereocenters. The molecule has 1 aromatic carbocycles. The third-order valence-electron chi connectivity index (χ3n) is 1.87. The van der Waals surface area contributed by atoms with Crippen LogP contribution in [0.1, 0.15) is 18.1 Å². The lowest BCUT2D eigenvalue weighted by Gasteiger charge is -2.12. The minimum atomic E-state index is -3.01. The van der Waals surface area contributed by atoms with E-state index < -0.39 is 5.92 Å². The summed E-state index contributed by atoms with van der Waals surface area (Å²) in [6.45, 7) is 0.861. The molecular weight excluding hydrogens is 204 g/mol. The van der Waals surface area contributed by atoms with Gasteiger partial charge in [-0.1, -0.05) is 0 Å². The number of hydrogen-bond donors (Lipinski definition) is 2. The van der Waals surface area contributed by atoms with E-state index in [4.69, 9.17) is 0 Å². The van der Waals surface area contributed by atoms with Gasteiger partial charge in [0.2, 0.25) is 6.41 Å². The summed E-state index contributed by atoms with van der Waals surface area (Å²) in [4.78, 5) is 10.0. The second-order valence-electron chi connectivity index (χ2n) is 3.28. The van der Waals surface area contributed by atoms with Crippen molar-refractivity contribution in [1.82, 2.24) is 5.32 Å². The maximum atomic E-state index is 12.9. The van der Waals surface area contributed by atoms with E-state index >= 15 is 0 Å². The molecule has 1 aromatic rings. The SMILES string of the molecule is CC(F)(F)c1cc(O)cc(CNC=O)c1. The third-order valence-corrected chi connectivity index (χ3v) is 1.87. The number of hydrogen-bond acceptors (Lipinski definition) is 2. The van der Waals surface area contributed by atoms with Crippen LogP contribution in [-0.4, -0.2) is 11.5 Å². The van der Waals surface area contributed by atoms with Crippen LogP contribution in [0.2, 0.25) is 0 Å². The molecule has 15 heavy (non-hydrogen) atoms. The van der Waals surface area contributed by atoms with Crippen molar-refractivity contribution in [2.45, 2.75) is 19.4 Å². The Hall–Kier alpha value is -1.65. The molecule has 0 unspecified atom stereocenters. The smallest absolute Gasteiger partial charge is 0.270 e. The Morgan fingerprint density at radius 3 is 2.67 bits per heavy atom. The maximum absolute atomic E-state index is 12.9. The maximum Gasteiger partial charge on any atom is 0.270 e. The Morgan fingerprint density at radius 2 is 2.13 bits per heavy atom. The Morgan fingerprint density at radius 1 is 1.47 bits per heavy atom. The highest BCUT2D eigenvalue weighted by molar-refractivity contribution is 5.47. The average Bonchev–Trinajstić information content (AvgIpc) is 2.12. The van der Waals surface area contributed by atoms with E-state index in [-0.39, 0.29) is 17.9 Å². The predicted octanol–water partition coefficient (Wildman–Crippen LogP) is 1.75. The standard InChI is InChI=1S/C10H11F2NO2/c1-10(11,12)8-2-7(5-13-6-14)3-9(15)4-8/h2-4,6,15H,5H2,1H3,(H,13,14). The van der Waals surface area contributed by atoms with Gasteiger partial charge in [-0.3, -0.25) is 4.79 Å². The highest BCUT2D eigenvalue weighted by atomic mass is 19.3. The molecule has 82 valence electrons. The van der Waals surface area contributed by atoms with Crippen LogP contribution in [0.15, 0.2) is 18.2 Å². The summed E-state index contributed by atoms with van der Waals surface area (Å²) in [5, 5.41) is 11.5. The highest BCUT2D eigenvalue weighted by Crippen LogP contribution is 2.30. The zero-order valence-corrected chi connectivity index (χ0v) is 8.13. The lowest BCUT2D eigenvalue weighted by atomic mass is 10.1. The van der Waals surface area contributed by atoms with Crippen LogP contribution in [0, 0.1) is 0 Å². The van der Waals surface area contributed by atoms with Gasteiger partial charge >= 0.3 is 0 Å². The minimum absolute atomic E-state index is 0.112. The van der Waals surface area contributed by atoms with Gasteiger partial charge in [0.05, 0.1) is 0 Å². The van der Waals surface area contributed by atoms with E-state index in [1.807, 2.05) is 0 Å². The monoisotopic (exact) mass is 215 g/mol. The number of carbonyl (C=O) groups is 1. The molecule has 1 amide bonds. The molecule has 0 spiro atoms. The number of halogens is 2. The number of phenolic OH excluding ortho intramolecular Hbond substituents is 1. The molecule has 1 rings (SSSR count). The molecule has 0 heterocycles. The van der Waals surface area contributed by atoms with Gasteiger partial charge in [-0.05, 0) is 23.8 Å². The van der Waals surface area contributed by atoms with Gasteiger partial charge in [0.1, 0.15) is 5.75 Å². The van der Waals surface area contributed by atoms with E-state index in [0.29, 0.717) is 12.0 Å². The molecule has 3 nitrogen and oxygen atoms in total. The second kappa shape index (κ2) is 4.25. The fourth-order valence-corrected chi connectivity index (χ4v) is 1.19. The number of nitrogens with one attached hydrogen (secondary N) is 1. The van der Waals surface area contributed by atoms with Crippen LogP contribution in [0.3, 0.4) is 0 Å². The lowest BCUT2D eigenvalue weighted by Crippen LogP contribution is -2.12. The number of amides is 1. The summed E-state index contributed by atoms with van der Waals surface area (Å²) in [6.07, 6.45) is 0.466. The van der Waals surface area contributed by atoms with Crippen LogP contribution in [0.5, 0.6) is 5.75 Å². The number of benzene rings is 1. The molecule has 5 heteroatoms. The molecule has 0 aliphatic rings. The van der Waals surface area contributed by atoms with Crippen LogP contribution >= 0.6 is 0 Å². The molecule has 0 bridgehead atoms. The molecular formula is C10H11F2NO2. The molecule has 0 radical (unpaired) electrons. The number of alkyl halides is 2. The summed E-state index contributed by atoms with van der Waals surface area (Å²) < 4.78 is 25.9. The number of phenols is 1. The van der Waals surface area contributed by atoms with Crippen molar-refractivity contribution >= 4 is 6.41 Å². The Bertz CT molecular complexity index is 361. The van der Waals surface area contributed by atoms with Crippen LogP contribution in [0.4, 0.5) is 8.78 Å². The Labute approximate surface area is 85.7 Å². The summed E-state index contributed by atoms with van der Waals surface area (Å²) in [5.41, 5.74) is 0.156. The van der Waals surface area contributed by atoms with Gasteiger partial charge < -0.3 is 10.4 Å². The molecule has 0 aliphatic heterocycles. The summed E-state index contributed by atoms with van der Waals surface area (Å²) in [6, 6.07) is 3.58. The van der Waals surface area contributed by atoms with Gasteiger partial charge in [0, 0.05) is 19.0 Å². The molecule has 0 fully saturated rings. The largest absolute Gasteiger partial charge is 0.508 e. The van der Waals surface area contributed by atoms with Crippen LogP contribution in [0.25, 0.3) is 0 Å². The van der Waals surface area contributed by atoms with Crippen LogP contribution < -0.4 is 5.32 Å². The van der Waals surface area contributed by atoms with Crippen molar-refractivity contribution < 1.29 is 18.7 Å². The summed E-state index contributed by atoms with van der Waals surface area (Å²) in [5.74, 6) is -3.24. The summed E-state index contributed by atoms with van der Waals surface area (Å²) in [7, 11) is 0. The molecule has 0 aromatic heterocycles. The number of rotatable bonds is 4. The van der Waals surface area contributed by atoms with Gasteiger partial charge in [0.15, 0.2) is 0 Å². The van der Waals surface area contributed by atoms with Crippen molar-refractivity contribution in [2.24, 2.45) is 0 Å². The Kier molecular flexibility index (Phi) is 3.24. The van der Waals surface area contributed by atoms with E-state index in [2.05, 4.69) is 5.32 Å². The highest BCUT2D eigenvalue weighted by Gasteiger charge is 2.25. The van der Waals surface area contributed by atoms with Gasteiger partial charge in [0.25, 0.3) is 5.92 Å². The first-order valence-electron chi connectivity index (χ1n) is 4.32.